The number of alkyl halides is 3. The van der Waals surface area contributed by atoms with Crippen LogP contribution in [0.4, 0.5) is 13.2 Å². The lowest BCUT2D eigenvalue weighted by Crippen LogP contribution is -2.10. The molecule has 8 heteroatoms. The summed E-state index contributed by atoms with van der Waals surface area (Å²) < 4.78 is 47.1. The van der Waals surface area contributed by atoms with E-state index in [-0.39, 0.29) is 28.2 Å². The summed E-state index contributed by atoms with van der Waals surface area (Å²) in [5, 5.41) is 9.70. The van der Waals surface area contributed by atoms with E-state index in [4.69, 9.17) is 32.7 Å². The van der Waals surface area contributed by atoms with Crippen LogP contribution in [0, 0.1) is 0 Å². The molecule has 0 aromatic heterocycles. The molecule has 0 saturated heterocycles. The summed E-state index contributed by atoms with van der Waals surface area (Å²) in [6, 6.07) is 2.64. The lowest BCUT2D eigenvalue weighted by atomic mass is 10.3. The predicted octanol–water partition coefficient (Wildman–Crippen LogP) is 5.38. The zero-order valence-corrected chi connectivity index (χ0v) is 13.9. The Morgan fingerprint density at radius 2 is 1.74 bits per heavy atom. The van der Waals surface area contributed by atoms with Crippen molar-refractivity contribution in [3.8, 4) is 11.5 Å². The van der Waals surface area contributed by atoms with Crippen LogP contribution in [0.2, 0.25) is 10.0 Å². The Kier molecular flexibility index (Phi) is 8.02. The molecule has 0 bridgehead atoms. The summed E-state index contributed by atoms with van der Waals surface area (Å²) >= 11 is 11.8. The van der Waals surface area contributed by atoms with Gasteiger partial charge in [0.1, 0.15) is 5.75 Å². The van der Waals surface area contributed by atoms with Crippen LogP contribution in [-0.4, -0.2) is 31.1 Å². The van der Waals surface area contributed by atoms with E-state index >= 15 is 0 Å². The number of phenols is 1. The Morgan fingerprint density at radius 1 is 1.17 bits per heavy atom. The number of aromatic hydroxyl groups is 1. The van der Waals surface area contributed by atoms with Crippen molar-refractivity contribution in [2.24, 2.45) is 0 Å². The number of hydrogen-bond acceptors (Lipinski definition) is 3. The van der Waals surface area contributed by atoms with Gasteiger partial charge in [-0.1, -0.05) is 29.3 Å². The predicted molar refractivity (Wildman–Crippen MR) is 83.5 cm³/mol. The van der Waals surface area contributed by atoms with Crippen molar-refractivity contribution in [2.75, 3.05) is 19.8 Å². The van der Waals surface area contributed by atoms with Gasteiger partial charge < -0.3 is 14.6 Å². The molecule has 0 saturated carbocycles. The fourth-order valence-corrected chi connectivity index (χ4v) is 2.13. The van der Waals surface area contributed by atoms with E-state index in [0.29, 0.717) is 26.1 Å². The van der Waals surface area contributed by atoms with Gasteiger partial charge in [0.05, 0.1) is 23.3 Å². The Bertz CT molecular complexity index is 522. The molecule has 0 heterocycles. The van der Waals surface area contributed by atoms with Gasteiger partial charge in [0.25, 0.3) is 0 Å². The summed E-state index contributed by atoms with van der Waals surface area (Å²) in [6.07, 6.45) is -2.06. The molecule has 1 N–H and O–H groups in total. The molecule has 130 valence electrons. The molecule has 1 rings (SSSR count). The van der Waals surface area contributed by atoms with Gasteiger partial charge in [-0.2, -0.15) is 13.2 Å². The first-order valence-electron chi connectivity index (χ1n) is 6.84. The van der Waals surface area contributed by atoms with E-state index in [1.807, 2.05) is 0 Å². The van der Waals surface area contributed by atoms with Crippen molar-refractivity contribution in [2.45, 2.75) is 25.9 Å². The van der Waals surface area contributed by atoms with E-state index in [0.717, 1.165) is 13.0 Å². The second-order valence-electron chi connectivity index (χ2n) is 4.75. The number of halogens is 5. The Labute approximate surface area is 142 Å². The first kappa shape index (κ1) is 19.9. The van der Waals surface area contributed by atoms with Gasteiger partial charge in [0, 0.05) is 24.3 Å². The highest BCUT2D eigenvalue weighted by atomic mass is 35.5. The smallest absolute Gasteiger partial charge is 0.412 e. The first-order valence-corrected chi connectivity index (χ1v) is 7.60. The molecule has 0 amide bonds. The third kappa shape index (κ3) is 7.33. The fraction of sp³-hybridized carbons (Fsp3) is 0.467. The van der Waals surface area contributed by atoms with Crippen LogP contribution in [-0.2, 0) is 4.74 Å². The number of rotatable bonds is 8. The molecular weight excluding hydrogens is 356 g/mol. The lowest BCUT2D eigenvalue weighted by Gasteiger charge is -2.10. The molecule has 0 unspecified atom stereocenters. The van der Waals surface area contributed by atoms with Gasteiger partial charge in [-0.15, -0.1) is 0 Å². The van der Waals surface area contributed by atoms with Crippen LogP contribution in [0.3, 0.4) is 0 Å². The molecule has 0 atom stereocenters. The van der Waals surface area contributed by atoms with Crippen LogP contribution in [0.5, 0.6) is 11.5 Å². The highest BCUT2D eigenvalue weighted by Crippen LogP contribution is 2.36. The molecule has 23 heavy (non-hydrogen) atoms. The Hall–Kier alpha value is -1.11. The molecule has 0 aliphatic carbocycles. The monoisotopic (exact) mass is 372 g/mol. The van der Waals surface area contributed by atoms with Crippen LogP contribution in [0.1, 0.15) is 19.8 Å². The van der Waals surface area contributed by atoms with Crippen LogP contribution in [0.25, 0.3) is 0 Å². The summed E-state index contributed by atoms with van der Waals surface area (Å²) in [6.45, 7) is 1.57. The number of benzene rings is 1. The third-order valence-electron chi connectivity index (χ3n) is 2.87. The molecule has 0 spiro atoms. The maximum absolute atomic E-state index is 12.2. The van der Waals surface area contributed by atoms with E-state index in [2.05, 4.69) is 0 Å². The zero-order valence-electron chi connectivity index (χ0n) is 12.4. The first-order chi connectivity index (χ1) is 10.7. The van der Waals surface area contributed by atoms with Crippen molar-refractivity contribution in [1.29, 1.82) is 0 Å². The second-order valence-corrected chi connectivity index (χ2v) is 5.57. The second kappa shape index (κ2) is 9.25. The Morgan fingerprint density at radius 3 is 2.30 bits per heavy atom. The standard InChI is InChI=1S/C15H17Cl2F3O3/c1-10(15(18,19)20)4-7-22-5-2-3-6-23-14-12(16)8-11(21)9-13(14)17/h4,8-9,21H,2-3,5-7H2,1H3. The van der Waals surface area contributed by atoms with E-state index in [1.165, 1.54) is 12.1 Å². The minimum atomic E-state index is -4.31. The summed E-state index contributed by atoms with van der Waals surface area (Å²) in [4.78, 5) is 0. The maximum Gasteiger partial charge on any atom is 0.412 e. The van der Waals surface area contributed by atoms with Crippen molar-refractivity contribution >= 4 is 23.2 Å². The van der Waals surface area contributed by atoms with Gasteiger partial charge in [-0.3, -0.25) is 0 Å². The number of hydrogen-bond donors (Lipinski definition) is 1. The van der Waals surface area contributed by atoms with Gasteiger partial charge in [0.2, 0.25) is 0 Å². The van der Waals surface area contributed by atoms with Crippen molar-refractivity contribution < 1.29 is 27.8 Å². The van der Waals surface area contributed by atoms with Crippen molar-refractivity contribution in [1.82, 2.24) is 0 Å². The van der Waals surface area contributed by atoms with Gasteiger partial charge >= 0.3 is 6.18 Å². The minimum absolute atomic E-state index is 0.0528. The average molecular weight is 373 g/mol. The number of phenolic OH excluding ortho intramolecular Hbond substituents is 1. The van der Waals surface area contributed by atoms with E-state index in [1.54, 1.807) is 0 Å². The highest BCUT2D eigenvalue weighted by Gasteiger charge is 2.29. The quantitative estimate of drug-likeness (QED) is 0.491. The number of ether oxygens (including phenoxy) is 2. The highest BCUT2D eigenvalue weighted by molar-refractivity contribution is 6.37. The molecule has 1 aromatic carbocycles. The number of unbranched alkanes of at least 4 members (excludes halogenated alkanes) is 1. The molecule has 0 fully saturated rings. The van der Waals surface area contributed by atoms with Crippen LogP contribution < -0.4 is 4.74 Å². The molecule has 1 aromatic rings. The van der Waals surface area contributed by atoms with E-state index in [9.17, 15) is 18.3 Å². The molecule has 0 aliphatic heterocycles. The fourth-order valence-electron chi connectivity index (χ4n) is 1.55. The minimum Gasteiger partial charge on any atom is -0.508 e. The molecule has 3 nitrogen and oxygen atoms in total. The van der Waals surface area contributed by atoms with Gasteiger partial charge in [-0.05, 0) is 19.8 Å². The molecule has 0 radical (unpaired) electrons. The van der Waals surface area contributed by atoms with Crippen molar-refractivity contribution in [3.05, 3.63) is 33.8 Å². The molecular formula is C15H17Cl2F3O3. The van der Waals surface area contributed by atoms with Crippen LogP contribution >= 0.6 is 23.2 Å². The van der Waals surface area contributed by atoms with Gasteiger partial charge in [0.15, 0.2) is 5.75 Å². The third-order valence-corrected chi connectivity index (χ3v) is 3.43. The normalized spacial score (nSPS) is 12.5. The maximum atomic E-state index is 12.2. The summed E-state index contributed by atoms with van der Waals surface area (Å²) in [5.41, 5.74) is -0.669. The van der Waals surface area contributed by atoms with Crippen molar-refractivity contribution in [3.63, 3.8) is 0 Å². The summed E-state index contributed by atoms with van der Waals surface area (Å²) in [5.74, 6) is 0.235. The van der Waals surface area contributed by atoms with Crippen LogP contribution in [0.15, 0.2) is 23.8 Å². The SMILES string of the molecule is CC(=CCOCCCCOc1c(Cl)cc(O)cc1Cl)C(F)(F)F. The number of allylic oxidation sites excluding steroid dienone is 1. The summed E-state index contributed by atoms with van der Waals surface area (Å²) in [7, 11) is 0. The average Bonchev–Trinajstić information content (AvgIpc) is 2.42. The van der Waals surface area contributed by atoms with Gasteiger partial charge in [-0.25, -0.2) is 0 Å². The molecule has 0 aliphatic rings. The zero-order chi connectivity index (χ0) is 17.5. The lowest BCUT2D eigenvalue weighted by molar-refractivity contribution is -0.0919. The Balaban J connectivity index is 2.20. The largest absolute Gasteiger partial charge is 0.508 e. The topological polar surface area (TPSA) is 38.7 Å². The van der Waals surface area contributed by atoms with E-state index < -0.39 is 11.7 Å².